The van der Waals surface area contributed by atoms with E-state index in [2.05, 4.69) is 5.32 Å². The van der Waals surface area contributed by atoms with Gasteiger partial charge in [-0.2, -0.15) is 17.0 Å². The van der Waals surface area contributed by atoms with Crippen LogP contribution in [-0.4, -0.2) is 56.3 Å². The highest BCUT2D eigenvalue weighted by Gasteiger charge is 2.39. The molecule has 1 saturated carbocycles. The normalized spacial score (nSPS) is 34.7. The number of likely N-dealkylation sites (N-methyl/N-ethyl adjacent to an activating group) is 1. The number of hydrogen-bond donors (Lipinski definition) is 1. The van der Waals surface area contributed by atoms with Crippen molar-refractivity contribution in [3.8, 4) is 0 Å². The average molecular weight is 352 g/mol. The Morgan fingerprint density at radius 1 is 0.864 bits per heavy atom. The largest absolute Gasteiger partial charge is 0.316 e. The number of halogens is 1. The Balaban J connectivity index is 0.00000176. The second kappa shape index (κ2) is 7.79. The molecule has 0 bridgehead atoms. The minimum atomic E-state index is -3.25. The molecule has 3 aliphatic rings. The molecule has 0 aromatic carbocycles. The molecule has 0 aromatic rings. The van der Waals surface area contributed by atoms with E-state index < -0.39 is 10.2 Å². The van der Waals surface area contributed by atoms with Crippen molar-refractivity contribution in [2.45, 2.75) is 51.0 Å². The van der Waals surface area contributed by atoms with Crippen LogP contribution >= 0.6 is 12.4 Å². The zero-order chi connectivity index (χ0) is 14.9. The highest BCUT2D eigenvalue weighted by atomic mass is 35.5. The molecule has 22 heavy (non-hydrogen) atoms. The Kier molecular flexibility index (Phi) is 6.54. The average Bonchev–Trinajstić information content (AvgIpc) is 2.54. The van der Waals surface area contributed by atoms with E-state index in [0.29, 0.717) is 25.0 Å². The molecule has 0 radical (unpaired) electrons. The Hall–Kier alpha value is 0.120. The van der Waals surface area contributed by atoms with Gasteiger partial charge >= 0.3 is 0 Å². The predicted molar refractivity (Wildman–Crippen MR) is 91.5 cm³/mol. The van der Waals surface area contributed by atoms with E-state index in [-0.39, 0.29) is 12.4 Å². The third kappa shape index (κ3) is 3.78. The first-order valence-corrected chi connectivity index (χ1v) is 9.93. The second-order valence-electron chi connectivity index (χ2n) is 6.94. The van der Waals surface area contributed by atoms with Crippen LogP contribution in [0.25, 0.3) is 0 Å². The van der Waals surface area contributed by atoms with Gasteiger partial charge < -0.3 is 5.32 Å². The summed E-state index contributed by atoms with van der Waals surface area (Å²) in [6.45, 7) is 2.80. The van der Waals surface area contributed by atoms with Gasteiger partial charge in [0.05, 0.1) is 0 Å². The molecule has 0 aromatic heterocycles. The van der Waals surface area contributed by atoms with Crippen LogP contribution in [0.15, 0.2) is 0 Å². The first-order chi connectivity index (χ1) is 10.1. The Morgan fingerprint density at radius 3 is 2.27 bits per heavy atom. The standard InChI is InChI=1S/C15H29N3O2S.ClH/c1-16-15-7-4-9-17(12-15)21(19,20)18-10-8-13-5-2-3-6-14(13)11-18;/h13-16H,2-12H2,1H3;1H. The molecule has 2 heterocycles. The topological polar surface area (TPSA) is 52.7 Å². The molecule has 3 atom stereocenters. The second-order valence-corrected chi connectivity index (χ2v) is 8.87. The van der Waals surface area contributed by atoms with Crippen LogP contribution < -0.4 is 5.32 Å². The first-order valence-electron chi connectivity index (χ1n) is 8.53. The smallest absolute Gasteiger partial charge is 0.282 e. The van der Waals surface area contributed by atoms with Crippen molar-refractivity contribution in [3.63, 3.8) is 0 Å². The maximum atomic E-state index is 12.9. The van der Waals surface area contributed by atoms with E-state index in [9.17, 15) is 8.42 Å². The molecular weight excluding hydrogens is 322 g/mol. The number of nitrogens with one attached hydrogen (secondary N) is 1. The number of hydrogen-bond acceptors (Lipinski definition) is 3. The lowest BCUT2D eigenvalue weighted by atomic mass is 9.76. The molecule has 2 saturated heterocycles. The van der Waals surface area contributed by atoms with Crippen LogP contribution in [0.3, 0.4) is 0 Å². The molecule has 3 fully saturated rings. The van der Waals surface area contributed by atoms with Gasteiger partial charge in [-0.05, 0) is 44.6 Å². The summed E-state index contributed by atoms with van der Waals surface area (Å²) in [6, 6.07) is 0.306. The summed E-state index contributed by atoms with van der Waals surface area (Å²) < 4.78 is 29.3. The van der Waals surface area contributed by atoms with Crippen molar-refractivity contribution >= 4 is 22.6 Å². The van der Waals surface area contributed by atoms with Gasteiger partial charge in [0.25, 0.3) is 10.2 Å². The van der Waals surface area contributed by atoms with E-state index in [0.717, 1.165) is 38.3 Å². The van der Waals surface area contributed by atoms with Gasteiger partial charge in [0.2, 0.25) is 0 Å². The summed E-state index contributed by atoms with van der Waals surface area (Å²) in [5.41, 5.74) is 0. The van der Waals surface area contributed by atoms with Crippen molar-refractivity contribution in [1.29, 1.82) is 0 Å². The molecule has 3 unspecified atom stereocenters. The number of piperidine rings is 2. The van der Waals surface area contributed by atoms with Crippen molar-refractivity contribution in [2.75, 3.05) is 33.2 Å². The van der Waals surface area contributed by atoms with E-state index in [1.807, 2.05) is 7.05 Å². The van der Waals surface area contributed by atoms with E-state index in [1.54, 1.807) is 8.61 Å². The van der Waals surface area contributed by atoms with Crippen LogP contribution in [0.5, 0.6) is 0 Å². The quantitative estimate of drug-likeness (QED) is 0.844. The summed E-state index contributed by atoms with van der Waals surface area (Å²) in [6.07, 6.45) is 8.25. The minimum Gasteiger partial charge on any atom is -0.316 e. The van der Waals surface area contributed by atoms with E-state index >= 15 is 0 Å². The van der Waals surface area contributed by atoms with Gasteiger partial charge in [0.15, 0.2) is 0 Å². The van der Waals surface area contributed by atoms with Gasteiger partial charge in [-0.25, -0.2) is 0 Å². The van der Waals surface area contributed by atoms with Crippen LogP contribution in [0.1, 0.15) is 44.9 Å². The maximum Gasteiger partial charge on any atom is 0.282 e. The zero-order valence-electron chi connectivity index (χ0n) is 13.5. The van der Waals surface area contributed by atoms with Gasteiger partial charge in [0.1, 0.15) is 0 Å². The van der Waals surface area contributed by atoms with Crippen LogP contribution in [0, 0.1) is 11.8 Å². The first kappa shape index (κ1) is 18.5. The summed E-state index contributed by atoms with van der Waals surface area (Å²) in [5.74, 6) is 1.38. The SMILES string of the molecule is CNC1CCCN(S(=O)(=O)N2CCC3CCCCC3C2)C1.Cl. The molecule has 5 nitrogen and oxygen atoms in total. The van der Waals surface area contributed by atoms with E-state index in [4.69, 9.17) is 0 Å². The van der Waals surface area contributed by atoms with Crippen LogP contribution in [0.4, 0.5) is 0 Å². The number of nitrogens with zero attached hydrogens (tertiary/aromatic N) is 2. The van der Waals surface area contributed by atoms with Gasteiger partial charge in [-0.3, -0.25) is 0 Å². The maximum absolute atomic E-state index is 12.9. The zero-order valence-corrected chi connectivity index (χ0v) is 15.2. The third-order valence-corrected chi connectivity index (χ3v) is 7.67. The molecular formula is C15H30ClN3O2S. The molecule has 130 valence electrons. The molecule has 1 aliphatic carbocycles. The van der Waals surface area contributed by atoms with E-state index in [1.165, 1.54) is 25.7 Å². The number of rotatable bonds is 3. The van der Waals surface area contributed by atoms with Gasteiger partial charge in [0, 0.05) is 32.2 Å². The third-order valence-electron chi connectivity index (χ3n) is 5.70. The molecule has 3 rings (SSSR count). The highest BCUT2D eigenvalue weighted by molar-refractivity contribution is 7.86. The minimum absolute atomic E-state index is 0. The predicted octanol–water partition coefficient (Wildman–Crippen LogP) is 1.85. The lowest BCUT2D eigenvalue weighted by Crippen LogP contribution is -2.54. The summed E-state index contributed by atoms with van der Waals surface area (Å²) in [5, 5.41) is 3.23. The summed E-state index contributed by atoms with van der Waals surface area (Å²) in [4.78, 5) is 0. The number of fused-ring (bicyclic) bond motifs is 1. The Bertz CT molecular complexity index is 460. The lowest BCUT2D eigenvalue weighted by molar-refractivity contribution is 0.129. The van der Waals surface area contributed by atoms with Gasteiger partial charge in [-0.1, -0.05) is 19.3 Å². The van der Waals surface area contributed by atoms with Crippen LogP contribution in [0.2, 0.25) is 0 Å². The van der Waals surface area contributed by atoms with Crippen molar-refractivity contribution in [1.82, 2.24) is 13.9 Å². The fourth-order valence-electron chi connectivity index (χ4n) is 4.33. The molecule has 0 amide bonds. The monoisotopic (exact) mass is 351 g/mol. The van der Waals surface area contributed by atoms with Crippen molar-refractivity contribution in [2.24, 2.45) is 11.8 Å². The summed E-state index contributed by atoms with van der Waals surface area (Å²) >= 11 is 0. The highest BCUT2D eigenvalue weighted by Crippen LogP contribution is 2.37. The molecule has 2 aliphatic heterocycles. The fraction of sp³-hybridized carbons (Fsp3) is 1.00. The summed E-state index contributed by atoms with van der Waals surface area (Å²) in [7, 11) is -1.33. The van der Waals surface area contributed by atoms with Gasteiger partial charge in [-0.15, -0.1) is 12.4 Å². The lowest BCUT2D eigenvalue weighted by Gasteiger charge is -2.43. The Labute approximate surface area is 141 Å². The Morgan fingerprint density at radius 2 is 1.55 bits per heavy atom. The fourth-order valence-corrected chi connectivity index (χ4v) is 6.10. The van der Waals surface area contributed by atoms with Crippen molar-refractivity contribution in [3.05, 3.63) is 0 Å². The van der Waals surface area contributed by atoms with Crippen molar-refractivity contribution < 1.29 is 8.42 Å². The molecule has 7 heteroatoms. The molecule has 1 N–H and O–H groups in total. The molecule has 0 spiro atoms. The van der Waals surface area contributed by atoms with Crippen LogP contribution in [-0.2, 0) is 10.2 Å².